The van der Waals surface area contributed by atoms with E-state index in [-0.39, 0.29) is 31.6 Å². The second-order valence-corrected chi connectivity index (χ2v) is 6.54. The Labute approximate surface area is 148 Å². The molecule has 2 amide bonds. The van der Waals surface area contributed by atoms with E-state index in [0.29, 0.717) is 12.1 Å². The molecule has 0 saturated heterocycles. The molecule has 0 fully saturated rings. The molecule has 0 aromatic heterocycles. The monoisotopic (exact) mass is 350 g/mol. The molecule has 0 unspecified atom stereocenters. The number of benzene rings is 1. The van der Waals surface area contributed by atoms with Crippen molar-refractivity contribution in [1.82, 2.24) is 10.6 Å². The van der Waals surface area contributed by atoms with Crippen molar-refractivity contribution < 1.29 is 23.9 Å². The van der Waals surface area contributed by atoms with Gasteiger partial charge < -0.3 is 20.1 Å². The zero-order valence-corrected chi connectivity index (χ0v) is 15.2. The van der Waals surface area contributed by atoms with Gasteiger partial charge in [0, 0.05) is 24.6 Å². The molecule has 2 N–H and O–H groups in total. The van der Waals surface area contributed by atoms with E-state index in [1.165, 1.54) is 7.11 Å². The van der Waals surface area contributed by atoms with Gasteiger partial charge in [-0.15, -0.1) is 0 Å². The summed E-state index contributed by atoms with van der Waals surface area (Å²) < 4.78 is 9.48. The molecular formula is C18H26N2O5. The number of nitrogens with one attached hydrogen (secondary N) is 2. The molecule has 0 aliphatic carbocycles. The second kappa shape index (κ2) is 9.78. The Morgan fingerprint density at radius 1 is 1.04 bits per heavy atom. The van der Waals surface area contributed by atoms with Crippen molar-refractivity contribution in [2.75, 3.05) is 26.9 Å². The van der Waals surface area contributed by atoms with Gasteiger partial charge in [0.15, 0.2) is 0 Å². The Bertz CT molecular complexity index is 590. The minimum atomic E-state index is -0.474. The van der Waals surface area contributed by atoms with E-state index >= 15 is 0 Å². The third kappa shape index (κ3) is 7.80. The summed E-state index contributed by atoms with van der Waals surface area (Å²) in [5.41, 5.74) is 0.962. The van der Waals surface area contributed by atoms with E-state index in [1.54, 1.807) is 24.3 Å². The first-order valence-electron chi connectivity index (χ1n) is 8.04. The average molecular weight is 350 g/mol. The number of hydrogen-bond acceptors (Lipinski definition) is 5. The van der Waals surface area contributed by atoms with Gasteiger partial charge >= 0.3 is 5.97 Å². The molecule has 0 radical (unpaired) electrons. The van der Waals surface area contributed by atoms with Crippen LogP contribution in [0.1, 0.15) is 36.7 Å². The summed E-state index contributed by atoms with van der Waals surface area (Å²) in [7, 11) is 1.40. The first-order valence-corrected chi connectivity index (χ1v) is 8.04. The highest BCUT2D eigenvalue weighted by Crippen LogP contribution is 2.13. The smallest absolute Gasteiger partial charge is 0.332 e. The van der Waals surface area contributed by atoms with E-state index in [1.807, 2.05) is 20.8 Å². The van der Waals surface area contributed by atoms with Crippen molar-refractivity contribution in [2.24, 2.45) is 5.41 Å². The van der Waals surface area contributed by atoms with E-state index in [2.05, 4.69) is 15.4 Å². The maximum absolute atomic E-state index is 12.0. The van der Waals surface area contributed by atoms with Gasteiger partial charge in [0.05, 0.1) is 6.54 Å². The highest BCUT2D eigenvalue weighted by atomic mass is 16.6. The van der Waals surface area contributed by atoms with Gasteiger partial charge in [0.2, 0.25) is 5.91 Å². The Morgan fingerprint density at radius 2 is 1.68 bits per heavy atom. The molecule has 0 aliphatic rings. The Balaban J connectivity index is 2.39. The van der Waals surface area contributed by atoms with Crippen LogP contribution in [-0.4, -0.2) is 44.7 Å². The van der Waals surface area contributed by atoms with Crippen molar-refractivity contribution in [3.8, 4) is 0 Å². The summed E-state index contributed by atoms with van der Waals surface area (Å²) in [6.45, 7) is 6.16. The summed E-state index contributed by atoms with van der Waals surface area (Å²) in [5.74, 6) is -0.760. The predicted octanol–water partition coefficient (Wildman–Crippen LogP) is 1.27. The second-order valence-electron chi connectivity index (χ2n) is 6.54. The molecule has 138 valence electrons. The molecule has 7 nitrogen and oxygen atoms in total. The van der Waals surface area contributed by atoms with E-state index in [4.69, 9.17) is 4.74 Å². The summed E-state index contributed by atoms with van der Waals surface area (Å²) in [6, 6.07) is 6.95. The average Bonchev–Trinajstić information content (AvgIpc) is 2.56. The van der Waals surface area contributed by atoms with Crippen molar-refractivity contribution in [3.63, 3.8) is 0 Å². The highest BCUT2D eigenvalue weighted by molar-refractivity contribution is 5.94. The SMILES string of the molecule is COCC(=O)OCCNC(=O)c1ccc(CNC(=O)C(C)(C)C)cc1. The Kier molecular flexibility index (Phi) is 8.07. The maximum atomic E-state index is 12.0. The lowest BCUT2D eigenvalue weighted by molar-refractivity contribution is -0.147. The first-order chi connectivity index (χ1) is 11.7. The van der Waals surface area contributed by atoms with Gasteiger partial charge in [0.25, 0.3) is 5.91 Å². The molecule has 0 atom stereocenters. The first kappa shape index (κ1) is 20.6. The molecule has 0 heterocycles. The lowest BCUT2D eigenvalue weighted by Gasteiger charge is -2.17. The maximum Gasteiger partial charge on any atom is 0.332 e. The zero-order chi connectivity index (χ0) is 18.9. The van der Waals surface area contributed by atoms with E-state index in [9.17, 15) is 14.4 Å². The van der Waals surface area contributed by atoms with Crippen LogP contribution in [0.5, 0.6) is 0 Å². The van der Waals surface area contributed by atoms with Crippen LogP contribution in [0.2, 0.25) is 0 Å². The zero-order valence-electron chi connectivity index (χ0n) is 15.2. The van der Waals surface area contributed by atoms with Crippen molar-refractivity contribution in [2.45, 2.75) is 27.3 Å². The normalized spacial score (nSPS) is 10.9. The fraction of sp³-hybridized carbons (Fsp3) is 0.500. The lowest BCUT2D eigenvalue weighted by atomic mass is 9.95. The fourth-order valence-electron chi connectivity index (χ4n) is 1.81. The van der Waals surface area contributed by atoms with Crippen LogP contribution in [0.4, 0.5) is 0 Å². The third-order valence-corrected chi connectivity index (χ3v) is 3.26. The predicted molar refractivity (Wildman–Crippen MR) is 92.9 cm³/mol. The van der Waals surface area contributed by atoms with Crippen molar-refractivity contribution >= 4 is 17.8 Å². The van der Waals surface area contributed by atoms with Gasteiger partial charge in [-0.3, -0.25) is 9.59 Å². The third-order valence-electron chi connectivity index (χ3n) is 3.26. The van der Waals surface area contributed by atoms with Gasteiger partial charge in [-0.2, -0.15) is 0 Å². The quantitative estimate of drug-likeness (QED) is 0.544. The summed E-state index contributed by atoms with van der Waals surface area (Å²) in [4.78, 5) is 34.9. The molecular weight excluding hydrogens is 324 g/mol. The van der Waals surface area contributed by atoms with Gasteiger partial charge in [-0.05, 0) is 17.7 Å². The number of carbonyl (C=O) groups excluding carboxylic acids is 3. The van der Waals surface area contributed by atoms with Crippen LogP contribution in [0.15, 0.2) is 24.3 Å². The van der Waals surface area contributed by atoms with Crippen LogP contribution in [0.3, 0.4) is 0 Å². The fourth-order valence-corrected chi connectivity index (χ4v) is 1.81. The van der Waals surface area contributed by atoms with E-state index in [0.717, 1.165) is 5.56 Å². The number of ether oxygens (including phenoxy) is 2. The molecule has 7 heteroatoms. The number of carbonyl (C=O) groups is 3. The minimum absolute atomic E-state index is 0.0302. The number of esters is 1. The van der Waals surface area contributed by atoms with Gasteiger partial charge in [-0.25, -0.2) is 4.79 Å². The van der Waals surface area contributed by atoms with Crippen LogP contribution >= 0.6 is 0 Å². The lowest BCUT2D eigenvalue weighted by Crippen LogP contribution is -2.34. The molecule has 1 rings (SSSR count). The van der Waals surface area contributed by atoms with Crippen LogP contribution in [-0.2, 0) is 25.6 Å². The van der Waals surface area contributed by atoms with E-state index < -0.39 is 11.4 Å². The largest absolute Gasteiger partial charge is 0.462 e. The molecule has 1 aromatic rings. The molecule has 1 aromatic carbocycles. The molecule has 25 heavy (non-hydrogen) atoms. The minimum Gasteiger partial charge on any atom is -0.462 e. The van der Waals surface area contributed by atoms with Gasteiger partial charge in [-0.1, -0.05) is 32.9 Å². The standard InChI is InChI=1S/C18H26N2O5/c1-18(2,3)17(23)20-11-13-5-7-14(8-6-13)16(22)19-9-10-25-15(21)12-24-4/h5-8H,9-12H2,1-4H3,(H,19,22)(H,20,23). The number of rotatable bonds is 8. The molecule has 0 bridgehead atoms. The highest BCUT2D eigenvalue weighted by Gasteiger charge is 2.20. The van der Waals surface area contributed by atoms with Crippen LogP contribution in [0.25, 0.3) is 0 Å². The summed E-state index contributed by atoms with van der Waals surface area (Å²) in [5, 5.41) is 5.51. The Morgan fingerprint density at radius 3 is 2.24 bits per heavy atom. The topological polar surface area (TPSA) is 93.7 Å². The Hall–Kier alpha value is -2.41. The number of amides is 2. The number of methoxy groups -OCH3 is 1. The van der Waals surface area contributed by atoms with Crippen LogP contribution < -0.4 is 10.6 Å². The number of hydrogen-bond donors (Lipinski definition) is 2. The molecule has 0 aliphatic heterocycles. The molecule has 0 saturated carbocycles. The van der Waals surface area contributed by atoms with Gasteiger partial charge in [0.1, 0.15) is 13.2 Å². The van der Waals surface area contributed by atoms with Crippen LogP contribution in [0, 0.1) is 5.41 Å². The van der Waals surface area contributed by atoms with Crippen molar-refractivity contribution in [1.29, 1.82) is 0 Å². The van der Waals surface area contributed by atoms with Crippen molar-refractivity contribution in [3.05, 3.63) is 35.4 Å². The molecule has 0 spiro atoms. The summed E-state index contributed by atoms with van der Waals surface area (Å²) in [6.07, 6.45) is 0. The summed E-state index contributed by atoms with van der Waals surface area (Å²) >= 11 is 0.